The van der Waals surface area contributed by atoms with Gasteiger partial charge in [0, 0.05) is 24.9 Å². The molecule has 162 valence electrons. The van der Waals surface area contributed by atoms with E-state index in [0.717, 1.165) is 17.8 Å². The Morgan fingerprint density at radius 3 is 2.97 bits per heavy atom. The average Bonchev–Trinajstić information content (AvgIpc) is 3.49. The lowest BCUT2D eigenvalue weighted by Crippen LogP contribution is -2.28. The lowest BCUT2D eigenvalue weighted by Gasteiger charge is -2.14. The van der Waals surface area contributed by atoms with E-state index in [4.69, 9.17) is 10.6 Å². The highest BCUT2D eigenvalue weighted by Crippen LogP contribution is 2.29. The molecule has 4 rings (SSSR count). The number of carbonyl (C=O) groups is 2. The van der Waals surface area contributed by atoms with Gasteiger partial charge in [-0.2, -0.15) is 0 Å². The molecule has 0 radical (unpaired) electrons. The van der Waals surface area contributed by atoms with Gasteiger partial charge in [-0.15, -0.1) is 22.7 Å². The molecule has 0 aliphatic carbocycles. The van der Waals surface area contributed by atoms with Gasteiger partial charge in [0.2, 0.25) is 11.9 Å². The maximum atomic E-state index is 12.3. The molecule has 3 N–H and O–H groups in total. The molecule has 0 unspecified atom stereocenters. The maximum Gasteiger partial charge on any atom is 0.261 e. The zero-order chi connectivity index (χ0) is 21.8. The number of aromatic nitrogens is 2. The van der Waals surface area contributed by atoms with E-state index >= 15 is 0 Å². The molecule has 3 aromatic heterocycles. The number of fused-ring (bicyclic) bond motifs is 1. The van der Waals surface area contributed by atoms with Crippen molar-refractivity contribution < 1.29 is 14.4 Å². The number of likely N-dealkylation sites (tertiary alicyclic amines) is 1. The Bertz CT molecular complexity index is 1130. The molecule has 1 saturated heterocycles. The van der Waals surface area contributed by atoms with E-state index in [1.165, 1.54) is 22.7 Å². The van der Waals surface area contributed by atoms with Gasteiger partial charge in [0.05, 0.1) is 16.3 Å². The number of nitrogens with one attached hydrogen (secondary N) is 1. The summed E-state index contributed by atoms with van der Waals surface area (Å²) in [4.78, 5) is 42.1. The standard InChI is InChI=1S/C20H22N6O3S2/c1-2-22-18(28)14-11-12-16(23-20(21)24-19(12)31-14)17(13-5-4-10-30-13)25-29-9-8-26-7-3-6-15(26)27/h4-5,10-11H,2-3,6-9H2,1H3,(H,22,28)(H2,21,23,24)/b25-17-. The number of nitrogens with zero attached hydrogens (tertiary/aromatic N) is 4. The SMILES string of the molecule is CCNC(=O)c1cc2c(/C(=N\OCCN3CCCC3=O)c3cccs3)nc(N)nc2s1. The highest BCUT2D eigenvalue weighted by molar-refractivity contribution is 7.20. The first-order valence-electron chi connectivity index (χ1n) is 9.94. The zero-order valence-electron chi connectivity index (χ0n) is 17.0. The van der Waals surface area contributed by atoms with E-state index in [9.17, 15) is 9.59 Å². The Labute approximate surface area is 186 Å². The molecule has 1 aliphatic heterocycles. The van der Waals surface area contributed by atoms with Gasteiger partial charge in [-0.1, -0.05) is 11.2 Å². The van der Waals surface area contributed by atoms with Crippen molar-refractivity contribution in [3.05, 3.63) is 39.0 Å². The lowest BCUT2D eigenvalue weighted by molar-refractivity contribution is -0.128. The Hall–Kier alpha value is -3.05. The van der Waals surface area contributed by atoms with Crippen molar-refractivity contribution in [1.82, 2.24) is 20.2 Å². The van der Waals surface area contributed by atoms with Gasteiger partial charge in [0.15, 0.2) is 0 Å². The van der Waals surface area contributed by atoms with E-state index in [0.29, 0.717) is 46.0 Å². The fourth-order valence-electron chi connectivity index (χ4n) is 3.30. The molecular weight excluding hydrogens is 436 g/mol. The van der Waals surface area contributed by atoms with Crippen molar-refractivity contribution in [3.63, 3.8) is 0 Å². The molecule has 3 aromatic rings. The van der Waals surface area contributed by atoms with E-state index in [-0.39, 0.29) is 24.4 Å². The Morgan fingerprint density at radius 1 is 1.39 bits per heavy atom. The van der Waals surface area contributed by atoms with Crippen LogP contribution in [0, 0.1) is 0 Å². The monoisotopic (exact) mass is 458 g/mol. The minimum absolute atomic E-state index is 0.0960. The molecule has 1 aliphatic rings. The first-order chi connectivity index (χ1) is 15.1. The zero-order valence-corrected chi connectivity index (χ0v) is 18.6. The first-order valence-corrected chi connectivity index (χ1v) is 11.6. The summed E-state index contributed by atoms with van der Waals surface area (Å²) in [7, 11) is 0. The highest BCUT2D eigenvalue weighted by Gasteiger charge is 2.22. The van der Waals surface area contributed by atoms with Crippen LogP contribution in [-0.4, -0.2) is 58.6 Å². The summed E-state index contributed by atoms with van der Waals surface area (Å²) >= 11 is 2.75. The number of thiophene rings is 2. The minimum Gasteiger partial charge on any atom is -0.393 e. The molecule has 1 fully saturated rings. The fourth-order valence-corrected chi connectivity index (χ4v) is 4.96. The average molecular weight is 459 g/mol. The highest BCUT2D eigenvalue weighted by atomic mass is 32.1. The van der Waals surface area contributed by atoms with Gasteiger partial charge in [0.1, 0.15) is 22.8 Å². The van der Waals surface area contributed by atoms with Crippen LogP contribution in [0.3, 0.4) is 0 Å². The molecule has 0 bridgehead atoms. The van der Waals surface area contributed by atoms with Crippen molar-refractivity contribution in [1.29, 1.82) is 0 Å². The topological polar surface area (TPSA) is 123 Å². The molecule has 31 heavy (non-hydrogen) atoms. The van der Waals surface area contributed by atoms with E-state index in [2.05, 4.69) is 20.4 Å². The Balaban J connectivity index is 1.66. The molecule has 0 saturated carbocycles. The summed E-state index contributed by atoms with van der Waals surface area (Å²) < 4.78 is 0. The maximum absolute atomic E-state index is 12.3. The number of nitrogens with two attached hydrogens (primary N) is 1. The van der Waals surface area contributed by atoms with E-state index in [1.807, 2.05) is 24.4 Å². The molecule has 4 heterocycles. The predicted molar refractivity (Wildman–Crippen MR) is 122 cm³/mol. The van der Waals surface area contributed by atoms with Crippen molar-refractivity contribution in [2.45, 2.75) is 19.8 Å². The van der Waals surface area contributed by atoms with Crippen LogP contribution in [0.2, 0.25) is 0 Å². The summed E-state index contributed by atoms with van der Waals surface area (Å²) in [6, 6.07) is 5.58. The first kappa shape index (κ1) is 21.2. The van der Waals surface area contributed by atoms with Crippen molar-refractivity contribution in [2.24, 2.45) is 5.16 Å². The summed E-state index contributed by atoms with van der Waals surface area (Å²) in [5.41, 5.74) is 6.98. The summed E-state index contributed by atoms with van der Waals surface area (Å²) in [6.07, 6.45) is 1.47. The molecule has 0 spiro atoms. The van der Waals surface area contributed by atoms with Gasteiger partial charge < -0.3 is 20.8 Å². The fraction of sp³-hybridized carbons (Fsp3) is 0.350. The van der Waals surface area contributed by atoms with Gasteiger partial charge in [-0.3, -0.25) is 9.59 Å². The second-order valence-electron chi connectivity index (χ2n) is 6.85. The molecule has 2 amide bonds. The van der Waals surface area contributed by atoms with Gasteiger partial charge >= 0.3 is 0 Å². The van der Waals surface area contributed by atoms with Gasteiger partial charge in [-0.05, 0) is 30.9 Å². The quantitative estimate of drug-likeness (QED) is 0.304. The third-order valence-electron chi connectivity index (χ3n) is 4.73. The Morgan fingerprint density at radius 2 is 2.26 bits per heavy atom. The summed E-state index contributed by atoms with van der Waals surface area (Å²) in [5.74, 6) is 0.0717. The number of carbonyl (C=O) groups excluding carboxylic acids is 2. The second kappa shape index (κ2) is 9.40. The van der Waals surface area contributed by atoms with Crippen LogP contribution in [-0.2, 0) is 9.63 Å². The number of hydrogen-bond donors (Lipinski definition) is 2. The third-order valence-corrected chi connectivity index (χ3v) is 6.63. The predicted octanol–water partition coefficient (Wildman–Crippen LogP) is 2.48. The van der Waals surface area contributed by atoms with Crippen LogP contribution in [0.25, 0.3) is 10.2 Å². The number of rotatable bonds is 8. The van der Waals surface area contributed by atoms with E-state index < -0.39 is 0 Å². The van der Waals surface area contributed by atoms with E-state index in [1.54, 1.807) is 11.0 Å². The molecule has 0 aromatic carbocycles. The largest absolute Gasteiger partial charge is 0.393 e. The van der Waals surface area contributed by atoms with Gasteiger partial charge in [-0.25, -0.2) is 9.97 Å². The number of nitrogen functional groups attached to an aromatic ring is 1. The number of anilines is 1. The second-order valence-corrected chi connectivity index (χ2v) is 8.83. The molecule has 0 atom stereocenters. The minimum atomic E-state index is -0.170. The van der Waals surface area contributed by atoms with Crippen molar-refractivity contribution >= 4 is 56.4 Å². The Kier molecular flexibility index (Phi) is 6.42. The van der Waals surface area contributed by atoms with Gasteiger partial charge in [0.25, 0.3) is 5.91 Å². The van der Waals surface area contributed by atoms with Crippen LogP contribution in [0.4, 0.5) is 5.95 Å². The molecule has 9 nitrogen and oxygen atoms in total. The number of amides is 2. The molecule has 11 heteroatoms. The number of oxime groups is 1. The summed E-state index contributed by atoms with van der Waals surface area (Å²) in [5, 5.41) is 9.76. The smallest absolute Gasteiger partial charge is 0.261 e. The van der Waals surface area contributed by atoms with Crippen LogP contribution < -0.4 is 11.1 Å². The lowest BCUT2D eigenvalue weighted by atomic mass is 10.1. The van der Waals surface area contributed by atoms with Crippen LogP contribution >= 0.6 is 22.7 Å². The summed E-state index contributed by atoms with van der Waals surface area (Å²) in [6.45, 7) is 3.91. The van der Waals surface area contributed by atoms with Crippen LogP contribution in [0.15, 0.2) is 28.7 Å². The normalized spacial score (nSPS) is 14.4. The van der Waals surface area contributed by atoms with Crippen LogP contribution in [0.1, 0.15) is 40.0 Å². The van der Waals surface area contributed by atoms with Crippen molar-refractivity contribution in [2.75, 3.05) is 32.0 Å². The number of hydrogen-bond acceptors (Lipinski definition) is 9. The van der Waals surface area contributed by atoms with Crippen molar-refractivity contribution in [3.8, 4) is 0 Å². The van der Waals surface area contributed by atoms with Crippen LogP contribution in [0.5, 0.6) is 0 Å². The third kappa shape index (κ3) is 4.67. The molecular formula is C20H22N6O3S2.